The fourth-order valence-corrected chi connectivity index (χ4v) is 10.0. The molecular formula is C47H28N2S. The van der Waals surface area contributed by atoms with Gasteiger partial charge in [0.05, 0.1) is 16.6 Å². The van der Waals surface area contributed by atoms with Crippen LogP contribution in [0, 0.1) is 0 Å². The van der Waals surface area contributed by atoms with Crippen LogP contribution < -0.4 is 0 Å². The van der Waals surface area contributed by atoms with Crippen molar-refractivity contribution in [3.05, 3.63) is 192 Å². The third kappa shape index (κ3) is 3.76. The highest BCUT2D eigenvalue weighted by Gasteiger charge is 2.51. The molecule has 1 spiro atoms. The van der Waals surface area contributed by atoms with Crippen LogP contribution in [0.5, 0.6) is 0 Å². The topological polar surface area (TPSA) is 25.8 Å². The van der Waals surface area contributed by atoms with Crippen molar-refractivity contribution in [2.75, 3.05) is 0 Å². The van der Waals surface area contributed by atoms with E-state index in [1.807, 2.05) is 11.8 Å². The van der Waals surface area contributed by atoms with Crippen molar-refractivity contribution in [3.63, 3.8) is 0 Å². The van der Waals surface area contributed by atoms with Gasteiger partial charge in [-0.05, 0) is 67.1 Å². The van der Waals surface area contributed by atoms with Gasteiger partial charge in [-0.1, -0.05) is 169 Å². The lowest BCUT2D eigenvalue weighted by molar-refractivity contribution is 0.729. The highest BCUT2D eigenvalue weighted by molar-refractivity contribution is 8.00. The fourth-order valence-electron chi connectivity index (χ4n) is 8.56. The molecule has 232 valence electrons. The number of aromatic nitrogens is 2. The molecule has 1 aliphatic heterocycles. The number of fused-ring (bicyclic) bond motifs is 14. The van der Waals surface area contributed by atoms with E-state index in [0.29, 0.717) is 0 Å². The van der Waals surface area contributed by atoms with Crippen LogP contribution in [0.1, 0.15) is 22.3 Å². The van der Waals surface area contributed by atoms with E-state index in [0.717, 1.165) is 33.5 Å². The van der Waals surface area contributed by atoms with E-state index in [1.54, 1.807) is 0 Å². The van der Waals surface area contributed by atoms with Crippen LogP contribution in [0.25, 0.3) is 66.2 Å². The standard InChI is InChI=1S/C47H28N2S/c1-2-14-31(15-3-1)43-37-19-9-11-21-42(37)48-46(49-43)32-22-25-36-35-18-8-10-20-38(35)47(41(36)28-32)39-26-23-29-12-4-6-16-33(29)44(39)50-45-34-17-7-5-13-30(34)24-27-40(45)47/h1-28H. The molecule has 0 bridgehead atoms. The first-order chi connectivity index (χ1) is 24.8. The molecule has 50 heavy (non-hydrogen) atoms. The van der Waals surface area contributed by atoms with Crippen LogP contribution >= 0.6 is 11.8 Å². The molecule has 1 aliphatic carbocycles. The first kappa shape index (κ1) is 27.9. The van der Waals surface area contributed by atoms with E-state index < -0.39 is 5.41 Å². The van der Waals surface area contributed by atoms with Gasteiger partial charge in [0.15, 0.2) is 5.82 Å². The number of rotatable bonds is 2. The zero-order chi connectivity index (χ0) is 32.8. The Morgan fingerprint density at radius 2 is 1.00 bits per heavy atom. The molecule has 8 aromatic carbocycles. The number of hydrogen-bond acceptors (Lipinski definition) is 3. The average Bonchev–Trinajstić information content (AvgIpc) is 3.47. The van der Waals surface area contributed by atoms with E-state index in [1.165, 1.54) is 64.7 Å². The Balaban J connectivity index is 1.26. The predicted molar refractivity (Wildman–Crippen MR) is 207 cm³/mol. The van der Waals surface area contributed by atoms with E-state index >= 15 is 0 Å². The Labute approximate surface area is 294 Å². The van der Waals surface area contributed by atoms with Crippen molar-refractivity contribution in [3.8, 4) is 33.8 Å². The normalized spacial score (nSPS) is 13.7. The molecular weight excluding hydrogens is 625 g/mol. The van der Waals surface area contributed by atoms with Crippen molar-refractivity contribution in [1.82, 2.24) is 9.97 Å². The minimum atomic E-state index is -0.523. The number of hydrogen-bond donors (Lipinski definition) is 0. The molecule has 0 radical (unpaired) electrons. The lowest BCUT2D eigenvalue weighted by Crippen LogP contribution is -2.32. The van der Waals surface area contributed by atoms with Crippen LogP contribution in [-0.4, -0.2) is 9.97 Å². The van der Waals surface area contributed by atoms with E-state index in [-0.39, 0.29) is 0 Å². The number of para-hydroxylation sites is 1. The first-order valence-electron chi connectivity index (χ1n) is 17.1. The fraction of sp³-hybridized carbons (Fsp3) is 0.0213. The second-order valence-electron chi connectivity index (χ2n) is 13.3. The summed E-state index contributed by atoms with van der Waals surface area (Å²) in [6, 6.07) is 61.8. The summed E-state index contributed by atoms with van der Waals surface area (Å²) in [7, 11) is 0. The van der Waals surface area contributed by atoms with Gasteiger partial charge in [-0.3, -0.25) is 0 Å². The maximum absolute atomic E-state index is 5.30. The molecule has 2 nitrogen and oxygen atoms in total. The molecule has 0 saturated heterocycles. The molecule has 11 rings (SSSR count). The first-order valence-corrected chi connectivity index (χ1v) is 17.9. The molecule has 2 aliphatic rings. The van der Waals surface area contributed by atoms with Gasteiger partial charge in [-0.15, -0.1) is 0 Å². The van der Waals surface area contributed by atoms with Gasteiger partial charge < -0.3 is 0 Å². The Morgan fingerprint density at radius 3 is 1.74 bits per heavy atom. The van der Waals surface area contributed by atoms with Crippen molar-refractivity contribution in [2.45, 2.75) is 15.2 Å². The van der Waals surface area contributed by atoms with Crippen LogP contribution in [0.15, 0.2) is 180 Å². The van der Waals surface area contributed by atoms with Gasteiger partial charge >= 0.3 is 0 Å². The molecule has 0 amide bonds. The molecule has 0 N–H and O–H groups in total. The second kappa shape index (κ2) is 10.5. The van der Waals surface area contributed by atoms with Gasteiger partial charge in [0.25, 0.3) is 0 Å². The third-order valence-electron chi connectivity index (χ3n) is 10.7. The Hall–Kier alpha value is -6.03. The Bertz CT molecular complexity index is 2770. The van der Waals surface area contributed by atoms with Gasteiger partial charge in [0, 0.05) is 26.3 Å². The monoisotopic (exact) mass is 652 g/mol. The summed E-state index contributed by atoms with van der Waals surface area (Å²) in [5.41, 5.74) is 11.3. The van der Waals surface area contributed by atoms with Crippen molar-refractivity contribution in [1.29, 1.82) is 0 Å². The summed E-state index contributed by atoms with van der Waals surface area (Å²) < 4.78 is 0. The molecule has 3 heteroatoms. The minimum Gasteiger partial charge on any atom is -0.228 e. The predicted octanol–water partition coefficient (Wildman–Crippen LogP) is 12.1. The van der Waals surface area contributed by atoms with Gasteiger partial charge in [-0.25, -0.2) is 9.97 Å². The summed E-state index contributed by atoms with van der Waals surface area (Å²) in [6.45, 7) is 0. The maximum Gasteiger partial charge on any atom is 0.160 e. The molecule has 1 aromatic heterocycles. The third-order valence-corrected chi connectivity index (χ3v) is 12.0. The summed E-state index contributed by atoms with van der Waals surface area (Å²) in [5, 5.41) is 6.16. The molecule has 0 unspecified atom stereocenters. The zero-order valence-corrected chi connectivity index (χ0v) is 27.8. The Kier molecular flexibility index (Phi) is 5.84. The lowest BCUT2D eigenvalue weighted by Gasteiger charge is -2.40. The summed E-state index contributed by atoms with van der Waals surface area (Å²) >= 11 is 1.93. The molecule has 2 heterocycles. The maximum atomic E-state index is 5.30. The smallest absolute Gasteiger partial charge is 0.160 e. The molecule has 0 saturated carbocycles. The molecule has 0 fully saturated rings. The lowest BCUT2D eigenvalue weighted by atomic mass is 9.66. The average molecular weight is 653 g/mol. The quantitative estimate of drug-likeness (QED) is 0.186. The van der Waals surface area contributed by atoms with Gasteiger partial charge in [-0.2, -0.15) is 0 Å². The van der Waals surface area contributed by atoms with Crippen molar-refractivity contribution >= 4 is 44.2 Å². The van der Waals surface area contributed by atoms with Crippen LogP contribution in [0.3, 0.4) is 0 Å². The SMILES string of the molecule is c1ccc(-c2nc(-c3ccc4c(c3)C3(c5ccccc5-4)c4ccc5ccccc5c4Sc4c3ccc3ccccc43)nc3ccccc23)cc1. The van der Waals surface area contributed by atoms with Crippen LogP contribution in [0.4, 0.5) is 0 Å². The number of nitrogens with zero attached hydrogens (tertiary/aromatic N) is 2. The zero-order valence-electron chi connectivity index (χ0n) is 27.0. The van der Waals surface area contributed by atoms with Crippen LogP contribution in [-0.2, 0) is 5.41 Å². The molecule has 9 aromatic rings. The van der Waals surface area contributed by atoms with Gasteiger partial charge in [0.1, 0.15) is 0 Å². The van der Waals surface area contributed by atoms with Crippen LogP contribution in [0.2, 0.25) is 0 Å². The summed E-state index contributed by atoms with van der Waals surface area (Å²) in [5.74, 6) is 0.735. The largest absolute Gasteiger partial charge is 0.228 e. The van der Waals surface area contributed by atoms with E-state index in [9.17, 15) is 0 Å². The van der Waals surface area contributed by atoms with Gasteiger partial charge in [0.2, 0.25) is 0 Å². The van der Waals surface area contributed by atoms with Crippen molar-refractivity contribution < 1.29 is 0 Å². The minimum absolute atomic E-state index is 0.523. The van der Waals surface area contributed by atoms with Crippen molar-refractivity contribution in [2.24, 2.45) is 0 Å². The van der Waals surface area contributed by atoms with E-state index in [2.05, 4.69) is 170 Å². The highest BCUT2D eigenvalue weighted by Crippen LogP contribution is 2.64. The number of benzene rings is 8. The highest BCUT2D eigenvalue weighted by atomic mass is 32.2. The molecule has 0 atom stereocenters. The summed E-state index contributed by atoms with van der Waals surface area (Å²) in [6.07, 6.45) is 0. The Morgan fingerprint density at radius 1 is 0.400 bits per heavy atom. The van der Waals surface area contributed by atoms with E-state index in [4.69, 9.17) is 9.97 Å². The second-order valence-corrected chi connectivity index (χ2v) is 14.3. The summed E-state index contributed by atoms with van der Waals surface area (Å²) in [4.78, 5) is 13.2.